The molecular formula is C20H38O5. The number of aliphatic hydroxyl groups is 3. The van der Waals surface area contributed by atoms with Crippen molar-refractivity contribution in [2.45, 2.75) is 95.5 Å². The van der Waals surface area contributed by atoms with Crippen LogP contribution in [0.5, 0.6) is 0 Å². The van der Waals surface area contributed by atoms with Gasteiger partial charge in [0, 0.05) is 6.61 Å². The molecule has 0 saturated carbocycles. The number of unbranched alkanes of at least 4 members (excludes halogenated alkanes) is 8. The molecule has 25 heavy (non-hydrogen) atoms. The molecule has 0 spiro atoms. The van der Waals surface area contributed by atoms with Crippen molar-refractivity contribution in [1.82, 2.24) is 0 Å². The molecule has 0 aromatic rings. The van der Waals surface area contributed by atoms with Gasteiger partial charge in [-0.05, 0) is 32.1 Å². The van der Waals surface area contributed by atoms with Crippen molar-refractivity contribution in [2.75, 3.05) is 19.8 Å². The number of hydrogen-bond acceptors (Lipinski definition) is 5. The number of rotatable bonds is 15. The van der Waals surface area contributed by atoms with Gasteiger partial charge in [-0.3, -0.25) is 0 Å². The predicted molar refractivity (Wildman–Crippen MR) is 99.6 cm³/mol. The van der Waals surface area contributed by atoms with Crippen LogP contribution in [0.1, 0.15) is 71.1 Å². The van der Waals surface area contributed by atoms with Crippen molar-refractivity contribution in [1.29, 1.82) is 0 Å². The monoisotopic (exact) mass is 358 g/mol. The second-order valence-corrected chi connectivity index (χ2v) is 6.97. The second kappa shape index (κ2) is 14.7. The van der Waals surface area contributed by atoms with Crippen molar-refractivity contribution in [3.8, 4) is 0 Å². The Hall–Kier alpha value is -0.460. The van der Waals surface area contributed by atoms with E-state index >= 15 is 0 Å². The van der Waals surface area contributed by atoms with Crippen LogP contribution in [0.4, 0.5) is 0 Å². The van der Waals surface area contributed by atoms with Gasteiger partial charge in [-0.15, -0.1) is 0 Å². The number of hydrogen-bond donors (Lipinski definition) is 3. The summed E-state index contributed by atoms with van der Waals surface area (Å²) in [6.45, 7) is 2.65. The minimum Gasteiger partial charge on any atom is -0.394 e. The highest BCUT2D eigenvalue weighted by Gasteiger charge is 2.40. The van der Waals surface area contributed by atoms with Crippen LogP contribution in [0, 0.1) is 0 Å². The van der Waals surface area contributed by atoms with Gasteiger partial charge in [-0.25, -0.2) is 0 Å². The zero-order chi connectivity index (χ0) is 18.3. The van der Waals surface area contributed by atoms with E-state index in [-0.39, 0.29) is 13.2 Å². The van der Waals surface area contributed by atoms with Crippen molar-refractivity contribution in [3.05, 3.63) is 12.2 Å². The average molecular weight is 359 g/mol. The lowest BCUT2D eigenvalue weighted by molar-refractivity contribution is -0.101. The summed E-state index contributed by atoms with van der Waals surface area (Å²) in [6.07, 6.45) is 13.6. The summed E-state index contributed by atoms with van der Waals surface area (Å²) in [5.41, 5.74) is 0. The molecule has 1 fully saturated rings. The van der Waals surface area contributed by atoms with Crippen LogP contribution in [-0.2, 0) is 9.47 Å². The Labute approximate surface area is 153 Å². The summed E-state index contributed by atoms with van der Waals surface area (Å²) in [5, 5.41) is 28.6. The van der Waals surface area contributed by atoms with Crippen LogP contribution in [0.3, 0.4) is 0 Å². The first-order valence-corrected chi connectivity index (χ1v) is 10.1. The van der Waals surface area contributed by atoms with Crippen LogP contribution in [-0.4, -0.2) is 59.6 Å². The fraction of sp³-hybridized carbons (Fsp3) is 0.900. The van der Waals surface area contributed by atoms with Crippen LogP contribution >= 0.6 is 0 Å². The zero-order valence-electron chi connectivity index (χ0n) is 15.8. The molecule has 0 amide bonds. The average Bonchev–Trinajstić information content (AvgIpc) is 2.95. The lowest BCUT2D eigenvalue weighted by Gasteiger charge is -2.24. The summed E-state index contributed by atoms with van der Waals surface area (Å²) >= 11 is 0. The lowest BCUT2D eigenvalue weighted by Crippen LogP contribution is -2.42. The van der Waals surface area contributed by atoms with Crippen LogP contribution in [0.25, 0.3) is 0 Å². The number of ether oxygens (including phenoxy) is 2. The molecule has 3 N–H and O–H groups in total. The molecule has 0 radical (unpaired) electrons. The Morgan fingerprint density at radius 3 is 2.24 bits per heavy atom. The molecule has 0 aromatic carbocycles. The Bertz CT molecular complexity index is 334. The molecule has 0 aliphatic carbocycles. The van der Waals surface area contributed by atoms with Crippen LogP contribution < -0.4 is 0 Å². The van der Waals surface area contributed by atoms with E-state index in [2.05, 4.69) is 19.1 Å². The van der Waals surface area contributed by atoms with Gasteiger partial charge >= 0.3 is 0 Å². The summed E-state index contributed by atoms with van der Waals surface area (Å²) in [6, 6.07) is 0. The summed E-state index contributed by atoms with van der Waals surface area (Å²) in [7, 11) is 0. The van der Waals surface area contributed by atoms with Gasteiger partial charge in [0.1, 0.15) is 24.4 Å². The quantitative estimate of drug-likeness (QED) is 0.310. The van der Waals surface area contributed by atoms with Gasteiger partial charge in [-0.2, -0.15) is 0 Å². The highest BCUT2D eigenvalue weighted by atomic mass is 16.6. The first-order chi connectivity index (χ1) is 12.2. The molecule has 4 atom stereocenters. The van der Waals surface area contributed by atoms with Gasteiger partial charge in [0.2, 0.25) is 0 Å². The van der Waals surface area contributed by atoms with E-state index in [0.717, 1.165) is 19.3 Å². The first kappa shape index (κ1) is 22.6. The van der Waals surface area contributed by atoms with Crippen molar-refractivity contribution >= 4 is 0 Å². The fourth-order valence-electron chi connectivity index (χ4n) is 3.08. The third-order valence-electron chi connectivity index (χ3n) is 4.72. The van der Waals surface area contributed by atoms with Gasteiger partial charge in [0.15, 0.2) is 0 Å². The van der Waals surface area contributed by atoms with E-state index in [4.69, 9.17) is 9.47 Å². The zero-order valence-corrected chi connectivity index (χ0v) is 15.8. The molecule has 0 unspecified atom stereocenters. The lowest BCUT2D eigenvalue weighted by atomic mass is 10.1. The summed E-state index contributed by atoms with van der Waals surface area (Å²) in [4.78, 5) is 0. The third-order valence-corrected chi connectivity index (χ3v) is 4.72. The Kier molecular flexibility index (Phi) is 13.3. The topological polar surface area (TPSA) is 79.2 Å². The maximum Gasteiger partial charge on any atom is 0.114 e. The van der Waals surface area contributed by atoms with E-state index < -0.39 is 24.4 Å². The number of allylic oxidation sites excluding steroid dienone is 2. The van der Waals surface area contributed by atoms with E-state index in [1.807, 2.05) is 0 Å². The largest absolute Gasteiger partial charge is 0.394 e. The Balaban J connectivity index is 1.96. The highest BCUT2D eigenvalue weighted by molar-refractivity contribution is 4.88. The molecule has 1 aliphatic heterocycles. The van der Waals surface area contributed by atoms with Crippen molar-refractivity contribution < 1.29 is 24.8 Å². The molecule has 0 aromatic heterocycles. The molecule has 5 heteroatoms. The molecule has 1 aliphatic rings. The molecule has 148 valence electrons. The summed E-state index contributed by atoms with van der Waals surface area (Å²) in [5.74, 6) is 0. The van der Waals surface area contributed by atoms with Crippen molar-refractivity contribution in [2.24, 2.45) is 0 Å². The Morgan fingerprint density at radius 1 is 1.00 bits per heavy atom. The van der Waals surface area contributed by atoms with Gasteiger partial charge in [-0.1, -0.05) is 51.2 Å². The van der Waals surface area contributed by atoms with Gasteiger partial charge < -0.3 is 24.8 Å². The molecule has 0 bridgehead atoms. The van der Waals surface area contributed by atoms with E-state index in [0.29, 0.717) is 6.61 Å². The predicted octanol–water partition coefficient (Wildman–Crippen LogP) is 2.96. The standard InChI is InChI=1S/C20H38O5/c1-2-3-4-5-6-7-8-9-10-11-12-13-14-24-18(15-21)20-19(23)17(22)16-25-20/h9-10,17-23H,2-8,11-16H2,1H3/b10-9+/t17-,18+,19+,20+/m1/s1. The normalized spacial score (nSPS) is 25.0. The summed E-state index contributed by atoms with van der Waals surface area (Å²) < 4.78 is 10.9. The molecule has 1 saturated heterocycles. The van der Waals surface area contributed by atoms with Gasteiger partial charge in [0.05, 0.1) is 13.2 Å². The third kappa shape index (κ3) is 9.71. The van der Waals surface area contributed by atoms with Gasteiger partial charge in [0.25, 0.3) is 0 Å². The maximum atomic E-state index is 9.79. The SMILES string of the molecule is CCCCCCCC/C=C/CCCCO[C@@H](CO)[C@@H]1OC[C@@H](O)[C@@H]1O. The molecule has 1 rings (SSSR count). The molecular weight excluding hydrogens is 320 g/mol. The molecule has 1 heterocycles. The smallest absolute Gasteiger partial charge is 0.114 e. The van der Waals surface area contributed by atoms with E-state index in [1.54, 1.807) is 0 Å². The second-order valence-electron chi connectivity index (χ2n) is 6.97. The van der Waals surface area contributed by atoms with Crippen molar-refractivity contribution in [3.63, 3.8) is 0 Å². The first-order valence-electron chi connectivity index (χ1n) is 10.1. The van der Waals surface area contributed by atoms with E-state index in [9.17, 15) is 15.3 Å². The van der Waals surface area contributed by atoms with E-state index in [1.165, 1.54) is 44.9 Å². The fourth-order valence-corrected chi connectivity index (χ4v) is 3.08. The number of aliphatic hydroxyl groups excluding tert-OH is 3. The van der Waals surface area contributed by atoms with Crippen LogP contribution in [0.2, 0.25) is 0 Å². The minimum absolute atomic E-state index is 0.0924. The van der Waals surface area contributed by atoms with Crippen LogP contribution in [0.15, 0.2) is 12.2 Å². The minimum atomic E-state index is -0.984. The molecule has 5 nitrogen and oxygen atoms in total. The Morgan fingerprint density at radius 2 is 1.64 bits per heavy atom. The highest BCUT2D eigenvalue weighted by Crippen LogP contribution is 2.19. The maximum absolute atomic E-state index is 9.79.